The minimum atomic E-state index is 0.234. The molecule has 0 aliphatic rings. The summed E-state index contributed by atoms with van der Waals surface area (Å²) in [6, 6.07) is 12.8. The van der Waals surface area contributed by atoms with Gasteiger partial charge in [-0.3, -0.25) is 0 Å². The van der Waals surface area contributed by atoms with Gasteiger partial charge in [0.2, 0.25) is 0 Å². The van der Waals surface area contributed by atoms with Crippen molar-refractivity contribution in [2.24, 2.45) is 0 Å². The highest BCUT2D eigenvalue weighted by Gasteiger charge is 2.09. The van der Waals surface area contributed by atoms with Crippen molar-refractivity contribution in [3.05, 3.63) is 52.0 Å². The van der Waals surface area contributed by atoms with Crippen LogP contribution in [0.1, 0.15) is 0 Å². The summed E-state index contributed by atoms with van der Waals surface area (Å²) < 4.78 is 0.824. The van der Waals surface area contributed by atoms with Crippen molar-refractivity contribution < 1.29 is 5.11 Å². The molecule has 0 unspecified atom stereocenters. The molecule has 0 fully saturated rings. The normalized spacial score (nSPS) is 10.3. The third-order valence-corrected chi connectivity index (χ3v) is 3.44. The molecule has 0 aliphatic heterocycles. The number of para-hydroxylation sites is 1. The van der Waals surface area contributed by atoms with Crippen LogP contribution in [0, 0.1) is 0 Å². The van der Waals surface area contributed by atoms with Crippen molar-refractivity contribution >= 4 is 27.5 Å². The van der Waals surface area contributed by atoms with Gasteiger partial charge in [0.1, 0.15) is 5.75 Å². The van der Waals surface area contributed by atoms with E-state index in [1.54, 1.807) is 12.1 Å². The fraction of sp³-hybridized carbons (Fsp3) is 0. The summed E-state index contributed by atoms with van der Waals surface area (Å²) in [4.78, 5) is 0. The van der Waals surface area contributed by atoms with E-state index >= 15 is 0 Å². The highest BCUT2D eigenvalue weighted by atomic mass is 79.9. The molecular weight excluding hydrogens is 275 g/mol. The predicted molar refractivity (Wildman–Crippen MR) is 66.3 cm³/mol. The lowest BCUT2D eigenvalue weighted by atomic mass is 10.1. The molecule has 1 nitrogen and oxygen atoms in total. The van der Waals surface area contributed by atoms with Gasteiger partial charge >= 0.3 is 0 Å². The summed E-state index contributed by atoms with van der Waals surface area (Å²) in [6.45, 7) is 0. The van der Waals surface area contributed by atoms with Crippen molar-refractivity contribution in [2.75, 3.05) is 0 Å². The molecule has 0 radical (unpaired) electrons. The average Bonchev–Trinajstić information content (AvgIpc) is 2.23. The Hall–Kier alpha value is -0.990. The second-order valence-corrected chi connectivity index (χ2v) is 4.35. The van der Waals surface area contributed by atoms with E-state index in [1.165, 1.54) is 0 Å². The van der Waals surface area contributed by atoms with Crippen LogP contribution in [0.4, 0.5) is 0 Å². The van der Waals surface area contributed by atoms with Crippen molar-refractivity contribution in [1.82, 2.24) is 0 Å². The van der Waals surface area contributed by atoms with Crippen LogP contribution in [0.5, 0.6) is 5.75 Å². The van der Waals surface area contributed by atoms with Gasteiger partial charge in [0.05, 0.1) is 5.02 Å². The lowest BCUT2D eigenvalue weighted by Gasteiger charge is -2.07. The number of phenolic OH excluding ortho intramolecular Hbond substituents is 1. The topological polar surface area (TPSA) is 20.2 Å². The molecule has 0 atom stereocenters. The fourth-order valence-electron chi connectivity index (χ4n) is 1.41. The molecule has 2 aromatic rings. The predicted octanol–water partition coefficient (Wildman–Crippen LogP) is 4.48. The third kappa shape index (κ3) is 2.01. The Morgan fingerprint density at radius 2 is 1.60 bits per heavy atom. The molecule has 2 aromatic carbocycles. The second kappa shape index (κ2) is 4.25. The fourth-order valence-corrected chi connectivity index (χ4v) is 2.01. The first kappa shape index (κ1) is 10.5. The summed E-state index contributed by atoms with van der Waals surface area (Å²) in [5, 5.41) is 10.3. The standard InChI is InChI=1S/C12H8BrClO/c13-10-6-3-5-9(12(10)14)8-4-1-2-7-11(8)15/h1-7,15H. The van der Waals surface area contributed by atoms with Crippen LogP contribution in [-0.2, 0) is 0 Å². The monoisotopic (exact) mass is 282 g/mol. The van der Waals surface area contributed by atoms with Gasteiger partial charge in [0.25, 0.3) is 0 Å². The van der Waals surface area contributed by atoms with E-state index in [-0.39, 0.29) is 5.75 Å². The summed E-state index contributed by atoms with van der Waals surface area (Å²) in [5.41, 5.74) is 1.56. The molecule has 0 heterocycles. The maximum Gasteiger partial charge on any atom is 0.123 e. The Morgan fingerprint density at radius 1 is 0.933 bits per heavy atom. The van der Waals surface area contributed by atoms with Gasteiger partial charge in [0.15, 0.2) is 0 Å². The summed E-state index contributed by atoms with van der Waals surface area (Å²) in [6.07, 6.45) is 0. The molecule has 0 spiro atoms. The smallest absolute Gasteiger partial charge is 0.123 e. The van der Waals surface area contributed by atoms with Gasteiger partial charge in [-0.1, -0.05) is 41.9 Å². The number of halogens is 2. The van der Waals surface area contributed by atoms with E-state index in [9.17, 15) is 5.11 Å². The quantitative estimate of drug-likeness (QED) is 0.818. The molecule has 76 valence electrons. The number of phenols is 1. The second-order valence-electron chi connectivity index (χ2n) is 3.12. The van der Waals surface area contributed by atoms with E-state index < -0.39 is 0 Å². The lowest BCUT2D eigenvalue weighted by Crippen LogP contribution is -1.81. The van der Waals surface area contributed by atoms with Gasteiger partial charge < -0.3 is 5.11 Å². The van der Waals surface area contributed by atoms with Crippen LogP contribution in [-0.4, -0.2) is 5.11 Å². The zero-order valence-electron chi connectivity index (χ0n) is 7.74. The molecule has 0 aromatic heterocycles. The Balaban J connectivity index is 2.65. The number of hydrogen-bond donors (Lipinski definition) is 1. The Morgan fingerprint density at radius 3 is 2.33 bits per heavy atom. The van der Waals surface area contributed by atoms with Crippen LogP contribution >= 0.6 is 27.5 Å². The highest BCUT2D eigenvalue weighted by Crippen LogP contribution is 2.37. The van der Waals surface area contributed by atoms with E-state index in [2.05, 4.69) is 15.9 Å². The highest BCUT2D eigenvalue weighted by molar-refractivity contribution is 9.10. The molecule has 1 N–H and O–H groups in total. The Labute approximate surface area is 101 Å². The van der Waals surface area contributed by atoms with Gasteiger partial charge in [-0.15, -0.1) is 0 Å². The van der Waals surface area contributed by atoms with Crippen LogP contribution in [0.15, 0.2) is 46.9 Å². The van der Waals surface area contributed by atoms with Gasteiger partial charge in [-0.25, -0.2) is 0 Å². The van der Waals surface area contributed by atoms with Crippen LogP contribution < -0.4 is 0 Å². The Kier molecular flexibility index (Phi) is 2.98. The maximum absolute atomic E-state index is 9.71. The summed E-state index contributed by atoms with van der Waals surface area (Å²) in [5.74, 6) is 0.234. The van der Waals surface area contributed by atoms with E-state index in [1.807, 2.05) is 30.3 Å². The molecule has 0 saturated heterocycles. The van der Waals surface area contributed by atoms with Crippen molar-refractivity contribution in [1.29, 1.82) is 0 Å². The molecule has 0 bridgehead atoms. The number of aromatic hydroxyl groups is 1. The van der Waals surface area contributed by atoms with E-state index in [4.69, 9.17) is 11.6 Å². The molecule has 3 heteroatoms. The van der Waals surface area contributed by atoms with Crippen LogP contribution in [0.25, 0.3) is 11.1 Å². The number of hydrogen-bond acceptors (Lipinski definition) is 1. The SMILES string of the molecule is Oc1ccccc1-c1cccc(Br)c1Cl. The van der Waals surface area contributed by atoms with Crippen molar-refractivity contribution in [3.8, 4) is 16.9 Å². The molecule has 0 amide bonds. The first-order valence-corrected chi connectivity index (χ1v) is 5.59. The molecule has 0 saturated carbocycles. The summed E-state index contributed by atoms with van der Waals surface area (Å²) >= 11 is 9.50. The number of rotatable bonds is 1. The van der Waals surface area contributed by atoms with Crippen LogP contribution in [0.2, 0.25) is 5.02 Å². The zero-order chi connectivity index (χ0) is 10.8. The van der Waals surface area contributed by atoms with Gasteiger partial charge in [0, 0.05) is 15.6 Å². The largest absolute Gasteiger partial charge is 0.507 e. The maximum atomic E-state index is 9.71. The number of benzene rings is 2. The van der Waals surface area contributed by atoms with Gasteiger partial charge in [-0.05, 0) is 28.1 Å². The molecule has 2 rings (SSSR count). The first-order valence-electron chi connectivity index (χ1n) is 4.42. The Bertz CT molecular complexity index is 497. The van der Waals surface area contributed by atoms with E-state index in [0.29, 0.717) is 5.02 Å². The van der Waals surface area contributed by atoms with Crippen LogP contribution in [0.3, 0.4) is 0 Å². The molecule has 15 heavy (non-hydrogen) atoms. The molecular formula is C12H8BrClO. The third-order valence-electron chi connectivity index (χ3n) is 2.15. The van der Waals surface area contributed by atoms with E-state index in [0.717, 1.165) is 15.6 Å². The minimum absolute atomic E-state index is 0.234. The first-order chi connectivity index (χ1) is 7.20. The molecule has 0 aliphatic carbocycles. The lowest BCUT2D eigenvalue weighted by molar-refractivity contribution is 0.477. The van der Waals surface area contributed by atoms with Crippen molar-refractivity contribution in [2.45, 2.75) is 0 Å². The zero-order valence-corrected chi connectivity index (χ0v) is 10.1. The minimum Gasteiger partial charge on any atom is -0.507 e. The van der Waals surface area contributed by atoms with Gasteiger partial charge in [-0.2, -0.15) is 0 Å². The van der Waals surface area contributed by atoms with Crippen molar-refractivity contribution in [3.63, 3.8) is 0 Å². The average molecular weight is 284 g/mol. The summed E-state index contributed by atoms with van der Waals surface area (Å²) in [7, 11) is 0.